The minimum Gasteiger partial charge on any atom is -0.322 e. The van der Waals surface area contributed by atoms with Crippen molar-refractivity contribution in [1.82, 2.24) is 15.1 Å². The normalized spacial score (nSPS) is 12.0. The van der Waals surface area contributed by atoms with Crippen molar-refractivity contribution < 1.29 is 4.79 Å². The molecule has 0 spiro atoms. The van der Waals surface area contributed by atoms with Crippen molar-refractivity contribution in [2.45, 2.75) is 26.8 Å². The molecule has 0 aliphatic heterocycles. The molecule has 0 aliphatic carbocycles. The highest BCUT2D eigenvalue weighted by atomic mass is 35.5. The number of aryl methyl sites for hydroxylation is 1. The Morgan fingerprint density at radius 1 is 1.11 bits per heavy atom. The van der Waals surface area contributed by atoms with E-state index in [0.29, 0.717) is 5.02 Å². The van der Waals surface area contributed by atoms with Crippen LogP contribution in [-0.4, -0.2) is 22.2 Å². The number of benzene rings is 2. The minimum absolute atomic E-state index is 0.0438. The molecule has 0 saturated carbocycles. The van der Waals surface area contributed by atoms with Gasteiger partial charge in [-0.2, -0.15) is 5.10 Å². The number of carbonyl (C=O) groups excluding carboxylic acids is 1. The van der Waals surface area contributed by atoms with Crippen molar-refractivity contribution in [3.63, 3.8) is 0 Å². The molecule has 3 aromatic rings. The van der Waals surface area contributed by atoms with E-state index in [-0.39, 0.29) is 18.5 Å². The number of nitrogens with zero attached hydrogens (tertiary/aromatic N) is 2. The second-order valence-corrected chi connectivity index (χ2v) is 6.93. The van der Waals surface area contributed by atoms with Gasteiger partial charge in [-0.25, -0.2) is 4.68 Å². The highest BCUT2D eigenvalue weighted by molar-refractivity contribution is 6.30. The van der Waals surface area contributed by atoms with E-state index in [4.69, 9.17) is 11.6 Å². The highest BCUT2D eigenvalue weighted by Gasteiger charge is 2.15. The van der Waals surface area contributed by atoms with Crippen molar-refractivity contribution in [3.05, 3.63) is 76.6 Å². The number of rotatable bonds is 6. The standard InChI is InChI=1S/C21H23ClN4O/c1-14(17-9-11-18(22)12-10-17)23-13-20(27)24-21-15(2)25-26(16(21)3)19-7-5-4-6-8-19/h4-12,14,23H,13H2,1-3H3,(H,24,27). The number of aromatic nitrogens is 2. The maximum absolute atomic E-state index is 12.4. The molecule has 6 heteroatoms. The Balaban J connectivity index is 1.64. The second-order valence-electron chi connectivity index (χ2n) is 6.50. The lowest BCUT2D eigenvalue weighted by molar-refractivity contribution is -0.115. The van der Waals surface area contributed by atoms with E-state index >= 15 is 0 Å². The molecule has 0 bridgehead atoms. The summed E-state index contributed by atoms with van der Waals surface area (Å²) in [5.41, 5.74) is 4.49. The van der Waals surface area contributed by atoms with Gasteiger partial charge < -0.3 is 10.6 Å². The molecule has 1 aromatic heterocycles. The van der Waals surface area contributed by atoms with Crippen LogP contribution in [0.15, 0.2) is 54.6 Å². The lowest BCUT2D eigenvalue weighted by Gasteiger charge is -2.14. The number of amides is 1. The number of nitrogens with one attached hydrogen (secondary N) is 2. The third-order valence-electron chi connectivity index (χ3n) is 4.50. The number of halogens is 1. The van der Waals surface area contributed by atoms with Crippen LogP contribution >= 0.6 is 11.6 Å². The summed E-state index contributed by atoms with van der Waals surface area (Å²) >= 11 is 5.92. The van der Waals surface area contributed by atoms with Gasteiger partial charge in [0.2, 0.25) is 5.91 Å². The molecule has 2 N–H and O–H groups in total. The molecular formula is C21H23ClN4O. The van der Waals surface area contributed by atoms with E-state index in [9.17, 15) is 4.79 Å². The number of anilines is 1. The molecule has 5 nitrogen and oxygen atoms in total. The smallest absolute Gasteiger partial charge is 0.238 e. The number of carbonyl (C=O) groups is 1. The zero-order valence-electron chi connectivity index (χ0n) is 15.7. The quantitative estimate of drug-likeness (QED) is 0.663. The molecule has 0 radical (unpaired) electrons. The topological polar surface area (TPSA) is 59.0 Å². The monoisotopic (exact) mass is 382 g/mol. The maximum Gasteiger partial charge on any atom is 0.238 e. The summed E-state index contributed by atoms with van der Waals surface area (Å²) in [5, 5.41) is 11.5. The van der Waals surface area contributed by atoms with Gasteiger partial charge in [0, 0.05) is 11.1 Å². The van der Waals surface area contributed by atoms with Crippen molar-refractivity contribution in [2.24, 2.45) is 0 Å². The van der Waals surface area contributed by atoms with Gasteiger partial charge in [-0.1, -0.05) is 41.9 Å². The van der Waals surface area contributed by atoms with Gasteiger partial charge >= 0.3 is 0 Å². The zero-order valence-corrected chi connectivity index (χ0v) is 16.4. The van der Waals surface area contributed by atoms with Crippen molar-refractivity contribution >= 4 is 23.2 Å². The largest absolute Gasteiger partial charge is 0.322 e. The van der Waals surface area contributed by atoms with Crippen LogP contribution in [0.4, 0.5) is 5.69 Å². The van der Waals surface area contributed by atoms with Gasteiger partial charge in [-0.15, -0.1) is 0 Å². The first-order valence-electron chi connectivity index (χ1n) is 8.86. The lowest BCUT2D eigenvalue weighted by atomic mass is 10.1. The predicted octanol–water partition coefficient (Wildman–Crippen LogP) is 4.43. The van der Waals surface area contributed by atoms with Crippen molar-refractivity contribution in [2.75, 3.05) is 11.9 Å². The van der Waals surface area contributed by atoms with Gasteiger partial charge in [0.25, 0.3) is 0 Å². The van der Waals surface area contributed by atoms with Crippen LogP contribution < -0.4 is 10.6 Å². The Bertz CT molecular complexity index is 919. The molecule has 2 aromatic carbocycles. The Morgan fingerprint density at radius 3 is 2.44 bits per heavy atom. The first-order chi connectivity index (χ1) is 13.0. The van der Waals surface area contributed by atoms with Crippen LogP contribution in [0.2, 0.25) is 5.02 Å². The van der Waals surface area contributed by atoms with Gasteiger partial charge in [0.05, 0.1) is 29.3 Å². The predicted molar refractivity (Wildman–Crippen MR) is 110 cm³/mol. The van der Waals surface area contributed by atoms with Crippen LogP contribution in [-0.2, 0) is 4.79 Å². The summed E-state index contributed by atoms with van der Waals surface area (Å²) in [6, 6.07) is 17.5. The van der Waals surface area contributed by atoms with Gasteiger partial charge in [-0.05, 0) is 50.6 Å². The van der Waals surface area contributed by atoms with E-state index in [1.54, 1.807) is 0 Å². The molecule has 140 valence electrons. The van der Waals surface area contributed by atoms with E-state index < -0.39 is 0 Å². The van der Waals surface area contributed by atoms with Gasteiger partial charge in [0.15, 0.2) is 0 Å². The molecule has 1 amide bonds. The zero-order chi connectivity index (χ0) is 19.4. The average Bonchev–Trinajstić information content (AvgIpc) is 2.95. The first kappa shape index (κ1) is 19.1. The number of hydrogen-bond donors (Lipinski definition) is 2. The van der Waals surface area contributed by atoms with Crippen LogP contribution in [0.25, 0.3) is 5.69 Å². The second kappa shape index (κ2) is 8.37. The fourth-order valence-electron chi connectivity index (χ4n) is 2.94. The van der Waals surface area contributed by atoms with E-state index in [2.05, 4.69) is 15.7 Å². The fourth-order valence-corrected chi connectivity index (χ4v) is 3.07. The molecular weight excluding hydrogens is 360 g/mol. The summed E-state index contributed by atoms with van der Waals surface area (Å²) in [4.78, 5) is 12.4. The third kappa shape index (κ3) is 4.56. The van der Waals surface area contributed by atoms with Gasteiger partial charge in [-0.3, -0.25) is 4.79 Å². The first-order valence-corrected chi connectivity index (χ1v) is 9.24. The Kier molecular flexibility index (Phi) is 5.94. The van der Waals surface area contributed by atoms with E-state index in [0.717, 1.165) is 28.3 Å². The molecule has 1 heterocycles. The minimum atomic E-state index is -0.102. The van der Waals surface area contributed by atoms with Crippen molar-refractivity contribution in [1.29, 1.82) is 0 Å². The van der Waals surface area contributed by atoms with E-state index in [1.165, 1.54) is 0 Å². The number of para-hydroxylation sites is 1. The van der Waals surface area contributed by atoms with E-state index in [1.807, 2.05) is 80.1 Å². The lowest BCUT2D eigenvalue weighted by Crippen LogP contribution is -2.30. The van der Waals surface area contributed by atoms with Crippen LogP contribution in [0.5, 0.6) is 0 Å². The van der Waals surface area contributed by atoms with Crippen molar-refractivity contribution in [3.8, 4) is 5.69 Å². The molecule has 27 heavy (non-hydrogen) atoms. The van der Waals surface area contributed by atoms with Crippen LogP contribution in [0, 0.1) is 13.8 Å². The maximum atomic E-state index is 12.4. The average molecular weight is 383 g/mol. The molecule has 0 saturated heterocycles. The summed E-state index contributed by atoms with van der Waals surface area (Å²) in [6.45, 7) is 6.07. The number of hydrogen-bond acceptors (Lipinski definition) is 3. The highest BCUT2D eigenvalue weighted by Crippen LogP contribution is 2.22. The summed E-state index contributed by atoms with van der Waals surface area (Å²) < 4.78 is 1.84. The fraction of sp³-hybridized carbons (Fsp3) is 0.238. The summed E-state index contributed by atoms with van der Waals surface area (Å²) in [6.07, 6.45) is 0. The molecule has 1 unspecified atom stereocenters. The summed E-state index contributed by atoms with van der Waals surface area (Å²) in [7, 11) is 0. The molecule has 1 atom stereocenters. The molecule has 3 rings (SSSR count). The Morgan fingerprint density at radius 2 is 1.78 bits per heavy atom. The van der Waals surface area contributed by atoms with Crippen LogP contribution in [0.1, 0.15) is 29.9 Å². The van der Waals surface area contributed by atoms with Crippen LogP contribution in [0.3, 0.4) is 0 Å². The summed E-state index contributed by atoms with van der Waals surface area (Å²) in [5.74, 6) is -0.102. The Labute approximate surface area is 164 Å². The van der Waals surface area contributed by atoms with Gasteiger partial charge in [0.1, 0.15) is 0 Å². The molecule has 0 fully saturated rings. The SMILES string of the molecule is Cc1nn(-c2ccccc2)c(C)c1NC(=O)CNC(C)c1ccc(Cl)cc1. The third-order valence-corrected chi connectivity index (χ3v) is 4.75. The Hall–Kier alpha value is -2.63. The molecule has 0 aliphatic rings.